The van der Waals surface area contributed by atoms with Crippen LogP contribution in [0.15, 0.2) is 97.1 Å². The zero-order valence-electron chi connectivity index (χ0n) is 42.5. The minimum atomic E-state index is -0.486. The lowest BCUT2D eigenvalue weighted by Gasteiger charge is -2.09. The fourth-order valence-electron chi connectivity index (χ4n) is 7.99. The van der Waals surface area contributed by atoms with Gasteiger partial charge in [-0.05, 0) is 123 Å². The number of ether oxygens (including phenoxy) is 6. The molecule has 0 fully saturated rings. The molecule has 0 aliphatic rings. The molecule has 4 aromatic rings. The molecule has 0 aromatic heterocycles. The van der Waals surface area contributed by atoms with Crippen LogP contribution in [0.2, 0.25) is 0 Å². The zero-order chi connectivity index (χ0) is 49.7. The highest BCUT2D eigenvalue weighted by Crippen LogP contribution is 2.21. The Morgan fingerprint density at radius 2 is 0.500 bits per heavy atom. The predicted molar refractivity (Wildman–Crippen MR) is 279 cm³/mol. The highest BCUT2D eigenvalue weighted by atomic mass is 16.5. The third-order valence-electron chi connectivity index (χ3n) is 12.3. The fourth-order valence-corrected chi connectivity index (χ4v) is 7.99. The van der Waals surface area contributed by atoms with E-state index in [2.05, 4.69) is 13.8 Å². The van der Waals surface area contributed by atoms with Crippen molar-refractivity contribution in [1.82, 2.24) is 0 Å². The number of benzene rings is 4. The maximum atomic E-state index is 12.7. The van der Waals surface area contributed by atoms with Crippen LogP contribution in [0.1, 0.15) is 222 Å². The molecule has 0 radical (unpaired) electrons. The first-order valence-corrected chi connectivity index (χ1v) is 26.8. The quantitative estimate of drug-likeness (QED) is 0.0243. The number of hydrogen-bond donors (Lipinski definition) is 0. The molecule has 0 aliphatic heterocycles. The summed E-state index contributed by atoms with van der Waals surface area (Å²) >= 11 is 0. The molecule has 0 aliphatic carbocycles. The first kappa shape index (κ1) is 56.9. The summed E-state index contributed by atoms with van der Waals surface area (Å²) in [6, 6.07) is 26.6. The Balaban J connectivity index is 0.968. The number of carbonyl (C=O) groups excluding carboxylic acids is 4. The molecule has 0 saturated carbocycles. The Labute approximate surface area is 419 Å². The highest BCUT2D eigenvalue weighted by Gasteiger charge is 2.14. The Morgan fingerprint density at radius 1 is 0.271 bits per heavy atom. The van der Waals surface area contributed by atoms with E-state index >= 15 is 0 Å². The molecule has 4 rings (SSSR count). The average Bonchev–Trinajstić information content (AvgIpc) is 3.38. The Bertz CT molecular complexity index is 1860. The van der Waals surface area contributed by atoms with Crippen LogP contribution >= 0.6 is 0 Å². The molecular weight excluding hydrogens is 881 g/mol. The Morgan fingerprint density at radius 3 is 0.786 bits per heavy atom. The molecule has 0 spiro atoms. The number of esters is 4. The number of rotatable bonds is 39. The molecule has 0 heterocycles. The lowest BCUT2D eigenvalue weighted by molar-refractivity contribution is 0.0484. The van der Waals surface area contributed by atoms with Gasteiger partial charge in [0.25, 0.3) is 0 Å². The molecule has 70 heavy (non-hydrogen) atoms. The number of hydrogen-bond acceptors (Lipinski definition) is 10. The van der Waals surface area contributed by atoms with Gasteiger partial charge in [0.15, 0.2) is 0 Å². The van der Waals surface area contributed by atoms with E-state index < -0.39 is 23.9 Å². The minimum Gasteiger partial charge on any atom is -0.494 e. The van der Waals surface area contributed by atoms with Crippen molar-refractivity contribution < 1.29 is 47.6 Å². The van der Waals surface area contributed by atoms with E-state index in [0.29, 0.717) is 60.2 Å². The van der Waals surface area contributed by atoms with Crippen LogP contribution < -0.4 is 18.9 Å². The van der Waals surface area contributed by atoms with Crippen LogP contribution in [0.4, 0.5) is 0 Å². The fraction of sp³-hybridized carbons (Fsp3) is 0.533. The van der Waals surface area contributed by atoms with Gasteiger partial charge >= 0.3 is 23.9 Å². The molecule has 0 saturated heterocycles. The van der Waals surface area contributed by atoms with E-state index in [9.17, 15) is 19.2 Å². The van der Waals surface area contributed by atoms with Crippen LogP contribution in [-0.4, -0.2) is 50.3 Å². The van der Waals surface area contributed by atoms with Gasteiger partial charge in [0.1, 0.15) is 23.0 Å². The monoisotopic (exact) mass is 963 g/mol. The molecule has 382 valence electrons. The third kappa shape index (κ3) is 24.8. The molecule has 4 aromatic carbocycles. The lowest BCUT2D eigenvalue weighted by Crippen LogP contribution is -2.09. The van der Waals surface area contributed by atoms with Crippen molar-refractivity contribution in [2.75, 3.05) is 26.4 Å². The van der Waals surface area contributed by atoms with Crippen molar-refractivity contribution in [3.05, 3.63) is 119 Å². The van der Waals surface area contributed by atoms with Crippen molar-refractivity contribution in [2.24, 2.45) is 0 Å². The second-order valence-electron chi connectivity index (χ2n) is 18.3. The molecule has 0 unspecified atom stereocenters. The van der Waals surface area contributed by atoms with Crippen molar-refractivity contribution in [3.8, 4) is 23.0 Å². The first-order valence-electron chi connectivity index (χ1n) is 26.8. The van der Waals surface area contributed by atoms with E-state index in [4.69, 9.17) is 28.4 Å². The van der Waals surface area contributed by atoms with Crippen molar-refractivity contribution in [2.45, 2.75) is 181 Å². The van der Waals surface area contributed by atoms with Gasteiger partial charge in [-0.15, -0.1) is 0 Å². The maximum absolute atomic E-state index is 12.7. The largest absolute Gasteiger partial charge is 0.494 e. The summed E-state index contributed by atoms with van der Waals surface area (Å²) in [5, 5.41) is 0. The maximum Gasteiger partial charge on any atom is 0.343 e. The van der Waals surface area contributed by atoms with Gasteiger partial charge in [-0.2, -0.15) is 0 Å². The molecule has 0 N–H and O–H groups in total. The van der Waals surface area contributed by atoms with Crippen molar-refractivity contribution in [1.29, 1.82) is 0 Å². The van der Waals surface area contributed by atoms with Gasteiger partial charge in [0, 0.05) is 0 Å². The molecule has 0 atom stereocenters. The van der Waals surface area contributed by atoms with E-state index in [1.54, 1.807) is 97.1 Å². The summed E-state index contributed by atoms with van der Waals surface area (Å²) in [6.07, 6.45) is 30.8. The summed E-state index contributed by atoms with van der Waals surface area (Å²) < 4.78 is 33.7. The van der Waals surface area contributed by atoms with Gasteiger partial charge in [-0.1, -0.05) is 155 Å². The first-order chi connectivity index (χ1) is 34.4. The number of carbonyl (C=O) groups is 4. The summed E-state index contributed by atoms with van der Waals surface area (Å²) in [5.74, 6) is 0.310. The van der Waals surface area contributed by atoms with Gasteiger partial charge in [-0.25, -0.2) is 19.2 Å². The molecule has 0 bridgehead atoms. The van der Waals surface area contributed by atoms with Gasteiger partial charge in [-0.3, -0.25) is 0 Å². The molecule has 0 amide bonds. The van der Waals surface area contributed by atoms with Crippen LogP contribution in [0.25, 0.3) is 0 Å². The lowest BCUT2D eigenvalue weighted by atomic mass is 10.1. The summed E-state index contributed by atoms with van der Waals surface area (Å²) in [6.45, 7) is 6.44. The van der Waals surface area contributed by atoms with Crippen LogP contribution in [0.3, 0.4) is 0 Å². The van der Waals surface area contributed by atoms with Gasteiger partial charge in [0.05, 0.1) is 48.7 Å². The summed E-state index contributed by atoms with van der Waals surface area (Å²) in [7, 11) is 0. The standard InChI is InChI=1S/C60H82O10/c1-3-5-7-9-11-13-15-17-21-25-45-65-53-37-29-51(30-38-53)59(63)69-55-41-33-49(34-42-55)57(61)67-47-27-23-19-20-24-28-48-68-58(62)50-35-43-56(44-36-50)70-60(64)52-31-39-54(40-32-52)66-46-26-22-18-16-14-12-10-8-6-4-2/h29-44H,3-28,45-48H2,1-2H3. The average molecular weight is 963 g/mol. The van der Waals surface area contributed by atoms with E-state index in [1.807, 2.05) is 0 Å². The van der Waals surface area contributed by atoms with Crippen molar-refractivity contribution >= 4 is 23.9 Å². The molecule has 10 heteroatoms. The number of unbranched alkanes of at least 4 members (excludes halogenated alkanes) is 23. The van der Waals surface area contributed by atoms with E-state index in [-0.39, 0.29) is 0 Å². The highest BCUT2D eigenvalue weighted by molar-refractivity contribution is 5.93. The SMILES string of the molecule is CCCCCCCCCCCCOc1ccc(C(=O)Oc2ccc(C(=O)OCCCCCCCCOC(=O)c3ccc(OC(=O)c4ccc(OCCCCCCCCCCCC)cc4)cc3)cc2)cc1. The summed E-state index contributed by atoms with van der Waals surface area (Å²) in [5.41, 5.74) is 1.60. The van der Waals surface area contributed by atoms with Crippen LogP contribution in [-0.2, 0) is 9.47 Å². The zero-order valence-corrected chi connectivity index (χ0v) is 42.5. The normalized spacial score (nSPS) is 10.9. The van der Waals surface area contributed by atoms with E-state index in [1.165, 1.54) is 116 Å². The third-order valence-corrected chi connectivity index (χ3v) is 12.3. The van der Waals surface area contributed by atoms with Crippen LogP contribution in [0.5, 0.6) is 23.0 Å². The molecular formula is C60H82O10. The van der Waals surface area contributed by atoms with E-state index in [0.717, 1.165) is 62.9 Å². The van der Waals surface area contributed by atoms with Crippen molar-refractivity contribution in [3.63, 3.8) is 0 Å². The Hall–Kier alpha value is -5.64. The second kappa shape index (κ2) is 36.3. The summed E-state index contributed by atoms with van der Waals surface area (Å²) in [4.78, 5) is 50.6. The topological polar surface area (TPSA) is 124 Å². The Kier molecular flexibility index (Phi) is 29.5. The minimum absolute atomic E-state index is 0.312. The molecule has 10 nitrogen and oxygen atoms in total. The smallest absolute Gasteiger partial charge is 0.343 e. The van der Waals surface area contributed by atoms with Gasteiger partial charge < -0.3 is 28.4 Å². The second-order valence-corrected chi connectivity index (χ2v) is 18.3. The van der Waals surface area contributed by atoms with Gasteiger partial charge in [0.2, 0.25) is 0 Å². The predicted octanol–water partition coefficient (Wildman–Crippen LogP) is 16.1. The van der Waals surface area contributed by atoms with Crippen LogP contribution in [0, 0.1) is 0 Å².